The van der Waals surface area contributed by atoms with E-state index in [0.29, 0.717) is 5.92 Å². The van der Waals surface area contributed by atoms with Crippen LogP contribution in [0.1, 0.15) is 55.6 Å². The van der Waals surface area contributed by atoms with Gasteiger partial charge in [-0.2, -0.15) is 5.26 Å². The van der Waals surface area contributed by atoms with E-state index in [-0.39, 0.29) is 0 Å². The topological polar surface area (TPSA) is 33.0 Å². The summed E-state index contributed by atoms with van der Waals surface area (Å²) in [6.07, 6.45) is 11.5. The molecule has 1 aliphatic rings. The molecule has 1 fully saturated rings. The normalized spacial score (nSPS) is 22.6. The number of methoxy groups -OCH3 is 1. The van der Waals surface area contributed by atoms with E-state index >= 15 is 0 Å². The molecule has 0 bridgehead atoms. The van der Waals surface area contributed by atoms with Crippen molar-refractivity contribution in [3.63, 3.8) is 0 Å². The molecule has 2 nitrogen and oxygen atoms in total. The Hall–Kier alpha value is -1.75. The van der Waals surface area contributed by atoms with Crippen molar-refractivity contribution >= 4 is 0 Å². The van der Waals surface area contributed by atoms with Crippen molar-refractivity contribution in [1.82, 2.24) is 0 Å². The summed E-state index contributed by atoms with van der Waals surface area (Å²) in [5.41, 5.74) is 2.16. The molecule has 0 amide bonds. The molecule has 20 heavy (non-hydrogen) atoms. The summed E-state index contributed by atoms with van der Waals surface area (Å²) >= 11 is 0. The van der Waals surface area contributed by atoms with Gasteiger partial charge in [0.2, 0.25) is 0 Å². The first-order chi connectivity index (χ1) is 9.83. The number of allylic oxidation sites excluding steroid dienone is 1. The summed E-state index contributed by atoms with van der Waals surface area (Å²) in [6.45, 7) is 0. The first-order valence-electron chi connectivity index (χ1n) is 7.51. The fourth-order valence-corrected chi connectivity index (χ4v) is 3.11. The highest BCUT2D eigenvalue weighted by molar-refractivity contribution is 5.33. The third-order valence-electron chi connectivity index (χ3n) is 4.33. The van der Waals surface area contributed by atoms with E-state index < -0.39 is 0 Å². The molecule has 2 rings (SSSR count). The molecule has 106 valence electrons. The molecule has 0 N–H and O–H groups in total. The molecule has 0 radical (unpaired) electrons. The Morgan fingerprint density at radius 3 is 2.50 bits per heavy atom. The third kappa shape index (κ3) is 4.13. The van der Waals surface area contributed by atoms with Gasteiger partial charge < -0.3 is 4.74 Å². The van der Waals surface area contributed by atoms with Crippen LogP contribution in [0.2, 0.25) is 0 Å². The van der Waals surface area contributed by atoms with E-state index in [2.05, 4.69) is 24.3 Å². The lowest BCUT2D eigenvalue weighted by molar-refractivity contribution is 0.308. The van der Waals surface area contributed by atoms with Gasteiger partial charge in [0, 0.05) is 0 Å². The van der Waals surface area contributed by atoms with Gasteiger partial charge in [0.25, 0.3) is 0 Å². The van der Waals surface area contributed by atoms with Crippen LogP contribution in [0, 0.1) is 17.2 Å². The van der Waals surface area contributed by atoms with Gasteiger partial charge in [0.15, 0.2) is 0 Å². The van der Waals surface area contributed by atoms with E-state index in [1.165, 1.54) is 37.7 Å². The highest BCUT2D eigenvalue weighted by atomic mass is 16.5. The minimum atomic E-state index is 0.688. The standard InChI is InChI=1S/C18H23NO/c1-20-13-3-2-4-15-5-9-17(10-6-15)18-11-7-16(14-19)8-12-18/h3,7-8,11-13,15,17H,2,4-6,9-10H2,1H3. The summed E-state index contributed by atoms with van der Waals surface area (Å²) < 4.78 is 4.92. The second-order valence-corrected chi connectivity index (χ2v) is 5.64. The maximum Gasteiger partial charge on any atom is 0.0991 e. The molecular weight excluding hydrogens is 246 g/mol. The predicted molar refractivity (Wildman–Crippen MR) is 81.2 cm³/mol. The summed E-state index contributed by atoms with van der Waals surface area (Å²) in [7, 11) is 1.69. The number of hydrogen-bond acceptors (Lipinski definition) is 2. The predicted octanol–water partition coefficient (Wildman–Crippen LogP) is 4.77. The molecule has 0 aliphatic heterocycles. The van der Waals surface area contributed by atoms with E-state index in [1.807, 2.05) is 12.1 Å². The monoisotopic (exact) mass is 269 g/mol. The Kier molecular flexibility index (Phi) is 5.68. The molecular formula is C18H23NO. The van der Waals surface area contributed by atoms with E-state index in [4.69, 9.17) is 10.00 Å². The zero-order valence-electron chi connectivity index (χ0n) is 12.2. The van der Waals surface area contributed by atoms with Crippen molar-refractivity contribution in [2.24, 2.45) is 5.92 Å². The van der Waals surface area contributed by atoms with Crippen molar-refractivity contribution in [3.05, 3.63) is 47.7 Å². The summed E-state index contributed by atoms with van der Waals surface area (Å²) in [5.74, 6) is 1.56. The van der Waals surface area contributed by atoms with Crippen LogP contribution in [-0.4, -0.2) is 7.11 Å². The van der Waals surface area contributed by atoms with E-state index in [0.717, 1.165) is 17.9 Å². The molecule has 2 heteroatoms. The average Bonchev–Trinajstić information content (AvgIpc) is 2.52. The summed E-state index contributed by atoms with van der Waals surface area (Å²) in [6, 6.07) is 10.3. The fraction of sp³-hybridized carbons (Fsp3) is 0.500. The van der Waals surface area contributed by atoms with Crippen molar-refractivity contribution < 1.29 is 4.74 Å². The van der Waals surface area contributed by atoms with E-state index in [9.17, 15) is 0 Å². The molecule has 0 atom stereocenters. The Morgan fingerprint density at radius 2 is 1.90 bits per heavy atom. The largest absolute Gasteiger partial charge is 0.505 e. The Morgan fingerprint density at radius 1 is 1.20 bits per heavy atom. The van der Waals surface area contributed by atoms with Gasteiger partial charge in [0.05, 0.1) is 25.0 Å². The van der Waals surface area contributed by atoms with Gasteiger partial charge in [-0.3, -0.25) is 0 Å². The minimum absolute atomic E-state index is 0.688. The molecule has 0 unspecified atom stereocenters. The van der Waals surface area contributed by atoms with Crippen LogP contribution in [0.4, 0.5) is 0 Å². The molecule has 1 aromatic rings. The quantitative estimate of drug-likeness (QED) is 0.721. The molecule has 0 saturated heterocycles. The second-order valence-electron chi connectivity index (χ2n) is 5.64. The molecule has 1 aromatic carbocycles. The molecule has 0 aromatic heterocycles. The van der Waals surface area contributed by atoms with Crippen molar-refractivity contribution in [2.45, 2.75) is 44.4 Å². The van der Waals surface area contributed by atoms with Crippen LogP contribution in [0.15, 0.2) is 36.6 Å². The van der Waals surface area contributed by atoms with Crippen LogP contribution in [0.3, 0.4) is 0 Å². The number of nitrogens with zero attached hydrogens (tertiary/aromatic N) is 1. The van der Waals surface area contributed by atoms with Gasteiger partial charge in [0.1, 0.15) is 0 Å². The molecule has 1 saturated carbocycles. The number of ether oxygens (including phenoxy) is 1. The van der Waals surface area contributed by atoms with Crippen molar-refractivity contribution in [3.8, 4) is 6.07 Å². The Labute approximate surface area is 122 Å². The van der Waals surface area contributed by atoms with Crippen LogP contribution < -0.4 is 0 Å². The van der Waals surface area contributed by atoms with Gasteiger partial charge in [-0.15, -0.1) is 0 Å². The van der Waals surface area contributed by atoms with Crippen LogP contribution in [0.5, 0.6) is 0 Å². The first kappa shape index (κ1) is 14.7. The van der Waals surface area contributed by atoms with Crippen molar-refractivity contribution in [2.75, 3.05) is 7.11 Å². The molecule has 0 heterocycles. The minimum Gasteiger partial charge on any atom is -0.505 e. The smallest absolute Gasteiger partial charge is 0.0991 e. The second kappa shape index (κ2) is 7.75. The van der Waals surface area contributed by atoms with E-state index in [1.54, 1.807) is 13.4 Å². The lowest BCUT2D eigenvalue weighted by Crippen LogP contribution is -2.13. The molecule has 0 spiro atoms. The summed E-state index contributed by atoms with van der Waals surface area (Å²) in [5, 5.41) is 8.83. The lowest BCUT2D eigenvalue weighted by atomic mass is 9.77. The van der Waals surface area contributed by atoms with Gasteiger partial charge in [-0.25, -0.2) is 0 Å². The van der Waals surface area contributed by atoms with Gasteiger partial charge in [-0.05, 0) is 74.1 Å². The number of benzene rings is 1. The maximum absolute atomic E-state index is 8.83. The number of hydrogen-bond donors (Lipinski definition) is 0. The number of rotatable bonds is 5. The SMILES string of the molecule is COC=CCCC1CCC(c2ccc(C#N)cc2)CC1. The van der Waals surface area contributed by atoms with Crippen LogP contribution in [-0.2, 0) is 4.74 Å². The lowest BCUT2D eigenvalue weighted by Gasteiger charge is -2.28. The maximum atomic E-state index is 8.83. The van der Waals surface area contributed by atoms with Crippen molar-refractivity contribution in [1.29, 1.82) is 5.26 Å². The highest BCUT2D eigenvalue weighted by Gasteiger charge is 2.21. The summed E-state index contributed by atoms with van der Waals surface area (Å²) in [4.78, 5) is 0. The molecule has 1 aliphatic carbocycles. The fourth-order valence-electron chi connectivity index (χ4n) is 3.11. The van der Waals surface area contributed by atoms with Gasteiger partial charge >= 0.3 is 0 Å². The third-order valence-corrected chi connectivity index (χ3v) is 4.33. The average molecular weight is 269 g/mol. The van der Waals surface area contributed by atoms with Crippen LogP contribution in [0.25, 0.3) is 0 Å². The van der Waals surface area contributed by atoms with Crippen LogP contribution >= 0.6 is 0 Å². The highest BCUT2D eigenvalue weighted by Crippen LogP contribution is 2.37. The number of nitriles is 1. The Bertz CT molecular complexity index is 461. The van der Waals surface area contributed by atoms with Gasteiger partial charge in [-0.1, -0.05) is 12.1 Å². The Balaban J connectivity index is 1.78. The zero-order valence-corrected chi connectivity index (χ0v) is 12.2. The zero-order chi connectivity index (χ0) is 14.2. The first-order valence-corrected chi connectivity index (χ1v) is 7.51.